The second-order valence-electron chi connectivity index (χ2n) is 8.48. The summed E-state index contributed by atoms with van der Waals surface area (Å²) in [4.78, 5) is 4.81. The highest BCUT2D eigenvalue weighted by Crippen LogP contribution is 2.41. The van der Waals surface area contributed by atoms with Gasteiger partial charge in [-0.1, -0.05) is 18.2 Å². The molecular weight excluding hydrogens is 397 g/mol. The molecule has 0 bridgehead atoms. The molecule has 29 heavy (non-hydrogen) atoms. The van der Waals surface area contributed by atoms with Crippen LogP contribution in [0.3, 0.4) is 0 Å². The van der Waals surface area contributed by atoms with Gasteiger partial charge in [0.2, 0.25) is 0 Å². The largest absolute Gasteiger partial charge is 0.412 e. The fourth-order valence-electron chi connectivity index (χ4n) is 5.08. The molecule has 5 unspecified atom stereocenters. The number of alkyl halides is 3. The number of rotatable bonds is 4. The highest BCUT2D eigenvalue weighted by atomic mass is 32.2. The Balaban J connectivity index is 1.53. The third-order valence-electron chi connectivity index (χ3n) is 6.50. The van der Waals surface area contributed by atoms with Crippen LogP contribution in [0.25, 0.3) is 0 Å². The van der Waals surface area contributed by atoms with E-state index in [1.54, 1.807) is 0 Å². The summed E-state index contributed by atoms with van der Waals surface area (Å²) in [6.45, 7) is 3.88. The van der Waals surface area contributed by atoms with Gasteiger partial charge in [0.05, 0.1) is 5.84 Å². The molecule has 2 aliphatic heterocycles. The number of nitrogens with one attached hydrogen (secondary N) is 2. The lowest BCUT2D eigenvalue weighted by atomic mass is 9.86. The Morgan fingerprint density at radius 3 is 2.79 bits per heavy atom. The number of nitrogens with zero attached hydrogens (tertiary/aromatic N) is 1. The zero-order chi connectivity index (χ0) is 20.8. The predicted octanol–water partition coefficient (Wildman–Crippen LogP) is 3.53. The standard InChI is InChI=1S/C21H29F3N4S/c1-11(16-9-14(10-17(16)25)21(22,23)24)26-20-19-15(13-5-7-29-8-6-13)3-4-18(19)27-12(2)28-20/h3,5,9,11,16-20,26H,4,6-8,10,25H2,1-2H3,(H,27,28)/t11-,16?,17?,18?,19?,20?/m1/s1. The van der Waals surface area contributed by atoms with Crippen LogP contribution in [-0.4, -0.2) is 47.8 Å². The molecule has 4 rings (SSSR count). The molecule has 2 heterocycles. The Morgan fingerprint density at radius 1 is 1.34 bits per heavy atom. The van der Waals surface area contributed by atoms with Crippen molar-refractivity contribution in [1.82, 2.24) is 10.6 Å². The van der Waals surface area contributed by atoms with Crippen molar-refractivity contribution in [2.24, 2.45) is 22.6 Å². The number of fused-ring (bicyclic) bond motifs is 1. The second-order valence-corrected chi connectivity index (χ2v) is 9.63. The lowest BCUT2D eigenvalue weighted by Gasteiger charge is -2.38. The molecule has 8 heteroatoms. The van der Waals surface area contributed by atoms with Crippen molar-refractivity contribution in [2.45, 2.75) is 63.6 Å². The maximum Gasteiger partial charge on any atom is 0.412 e. The summed E-state index contributed by atoms with van der Waals surface area (Å²) in [6.07, 6.45) is 3.41. The molecule has 0 saturated carbocycles. The fraction of sp³-hybridized carbons (Fsp3) is 0.667. The Bertz CT molecular complexity index is 770. The third-order valence-corrected chi connectivity index (χ3v) is 7.40. The summed E-state index contributed by atoms with van der Waals surface area (Å²) in [5, 5.41) is 7.04. The summed E-state index contributed by atoms with van der Waals surface area (Å²) >= 11 is 1.94. The first kappa shape index (κ1) is 21.0. The molecule has 0 spiro atoms. The zero-order valence-corrected chi connectivity index (χ0v) is 17.6. The average Bonchev–Trinajstić information content (AvgIpc) is 3.26. The molecule has 160 valence electrons. The van der Waals surface area contributed by atoms with Crippen molar-refractivity contribution in [2.75, 3.05) is 11.5 Å². The van der Waals surface area contributed by atoms with Crippen LogP contribution in [-0.2, 0) is 0 Å². The third kappa shape index (κ3) is 4.30. The molecule has 0 aromatic rings. The van der Waals surface area contributed by atoms with Crippen molar-refractivity contribution >= 4 is 17.6 Å². The molecule has 4 nitrogen and oxygen atoms in total. The molecule has 0 aromatic heterocycles. The van der Waals surface area contributed by atoms with Crippen LogP contribution >= 0.6 is 11.8 Å². The first-order valence-corrected chi connectivity index (χ1v) is 11.5. The second kappa shape index (κ2) is 8.12. The fourth-order valence-corrected chi connectivity index (χ4v) is 5.93. The van der Waals surface area contributed by atoms with Crippen LogP contribution in [0.15, 0.2) is 39.9 Å². The Hall–Kier alpha value is -1.25. The van der Waals surface area contributed by atoms with Crippen molar-refractivity contribution in [3.63, 3.8) is 0 Å². The topological polar surface area (TPSA) is 62.4 Å². The first-order chi connectivity index (χ1) is 13.7. The molecule has 2 aliphatic carbocycles. The van der Waals surface area contributed by atoms with Gasteiger partial charge in [0.15, 0.2) is 0 Å². The van der Waals surface area contributed by atoms with Gasteiger partial charge in [-0.05, 0) is 50.0 Å². The number of amidine groups is 1. The van der Waals surface area contributed by atoms with Crippen molar-refractivity contribution < 1.29 is 13.2 Å². The molecule has 0 radical (unpaired) electrons. The van der Waals surface area contributed by atoms with Gasteiger partial charge in [0.25, 0.3) is 0 Å². The van der Waals surface area contributed by atoms with E-state index >= 15 is 0 Å². The molecule has 0 amide bonds. The van der Waals surface area contributed by atoms with Gasteiger partial charge in [-0.15, -0.1) is 0 Å². The first-order valence-electron chi connectivity index (χ1n) is 10.3. The molecule has 0 fully saturated rings. The monoisotopic (exact) mass is 426 g/mol. The Labute approximate surface area is 174 Å². The normalized spacial score (nSPS) is 35.9. The lowest BCUT2D eigenvalue weighted by molar-refractivity contribution is -0.0933. The molecule has 6 atom stereocenters. The number of thioether (sulfide) groups is 1. The maximum absolute atomic E-state index is 13.1. The number of hydrogen-bond acceptors (Lipinski definition) is 5. The number of aliphatic imine (C=N–C) groups is 1. The Morgan fingerprint density at radius 2 is 2.14 bits per heavy atom. The SMILES string of the molecule is CC1=NC(N[C@H](C)C2C=C(C(F)(F)F)CC2N)C2C(C3=CCSCC3)=CCC2N1. The molecule has 0 saturated heterocycles. The molecule has 4 aliphatic rings. The highest BCUT2D eigenvalue weighted by molar-refractivity contribution is 7.99. The van der Waals surface area contributed by atoms with Crippen LogP contribution in [0, 0.1) is 11.8 Å². The molecular formula is C21H29F3N4S. The van der Waals surface area contributed by atoms with Gasteiger partial charge < -0.3 is 11.1 Å². The van der Waals surface area contributed by atoms with Crippen LogP contribution in [0.2, 0.25) is 0 Å². The van der Waals surface area contributed by atoms with E-state index in [-0.39, 0.29) is 36.5 Å². The summed E-state index contributed by atoms with van der Waals surface area (Å²) in [5.74, 6) is 2.89. The van der Waals surface area contributed by atoms with Crippen LogP contribution < -0.4 is 16.4 Å². The van der Waals surface area contributed by atoms with Gasteiger partial charge in [0, 0.05) is 41.3 Å². The maximum atomic E-state index is 13.1. The van der Waals surface area contributed by atoms with Crippen molar-refractivity contribution in [1.29, 1.82) is 0 Å². The minimum atomic E-state index is -4.30. The number of nitrogens with two attached hydrogens (primary N) is 1. The quantitative estimate of drug-likeness (QED) is 0.602. The van der Waals surface area contributed by atoms with Crippen LogP contribution in [0.1, 0.15) is 33.1 Å². The Kier molecular flexibility index (Phi) is 5.88. The van der Waals surface area contributed by atoms with Crippen molar-refractivity contribution in [3.05, 3.63) is 34.9 Å². The number of allylic oxidation sites excluding steroid dienone is 1. The average molecular weight is 427 g/mol. The minimum absolute atomic E-state index is 0.115. The smallest absolute Gasteiger partial charge is 0.370 e. The summed E-state index contributed by atoms with van der Waals surface area (Å²) in [7, 11) is 0. The van der Waals surface area contributed by atoms with Gasteiger partial charge >= 0.3 is 6.18 Å². The summed E-state index contributed by atoms with van der Waals surface area (Å²) < 4.78 is 39.4. The van der Waals surface area contributed by atoms with E-state index in [9.17, 15) is 13.2 Å². The van der Waals surface area contributed by atoms with Crippen LogP contribution in [0.4, 0.5) is 13.2 Å². The van der Waals surface area contributed by atoms with Gasteiger partial charge in [-0.2, -0.15) is 24.9 Å². The molecule has 4 N–H and O–H groups in total. The lowest BCUT2D eigenvalue weighted by Crippen LogP contribution is -2.55. The van der Waals surface area contributed by atoms with E-state index in [0.717, 1.165) is 30.2 Å². The zero-order valence-electron chi connectivity index (χ0n) is 16.8. The van der Waals surface area contributed by atoms with E-state index in [0.29, 0.717) is 0 Å². The number of hydrogen-bond donors (Lipinski definition) is 3. The molecule has 0 aromatic carbocycles. The minimum Gasteiger partial charge on any atom is -0.370 e. The van der Waals surface area contributed by atoms with Crippen LogP contribution in [0.5, 0.6) is 0 Å². The van der Waals surface area contributed by atoms with E-state index < -0.39 is 17.8 Å². The van der Waals surface area contributed by atoms with Gasteiger partial charge in [-0.25, -0.2) is 0 Å². The van der Waals surface area contributed by atoms with E-state index in [1.807, 2.05) is 25.6 Å². The summed E-state index contributed by atoms with van der Waals surface area (Å²) in [5.41, 5.74) is 8.34. The number of halogens is 3. The predicted molar refractivity (Wildman–Crippen MR) is 113 cm³/mol. The van der Waals surface area contributed by atoms with Gasteiger partial charge in [0.1, 0.15) is 6.17 Å². The van der Waals surface area contributed by atoms with Gasteiger partial charge in [-0.3, -0.25) is 10.3 Å². The van der Waals surface area contributed by atoms with E-state index in [2.05, 4.69) is 22.8 Å². The summed E-state index contributed by atoms with van der Waals surface area (Å²) in [6, 6.07) is -0.433. The van der Waals surface area contributed by atoms with Crippen molar-refractivity contribution in [3.8, 4) is 0 Å². The van der Waals surface area contributed by atoms with E-state index in [4.69, 9.17) is 10.7 Å². The highest BCUT2D eigenvalue weighted by Gasteiger charge is 2.44. The van der Waals surface area contributed by atoms with E-state index in [1.165, 1.54) is 17.2 Å².